The molecule has 0 radical (unpaired) electrons. The van der Waals surface area contributed by atoms with Gasteiger partial charge in [-0.25, -0.2) is 8.42 Å². The van der Waals surface area contributed by atoms with Crippen molar-refractivity contribution in [3.63, 3.8) is 0 Å². The number of nitrogens with one attached hydrogen (secondary N) is 1. The minimum absolute atomic E-state index is 0.0383. The minimum atomic E-state index is -3.40. The Labute approximate surface area is 122 Å². The maximum atomic E-state index is 12.8. The molecule has 1 N–H and O–H groups in total. The normalized spacial score (nSPS) is 25.0. The van der Waals surface area contributed by atoms with Gasteiger partial charge in [-0.15, -0.1) is 0 Å². The topological polar surface area (TPSA) is 49.4 Å². The van der Waals surface area contributed by atoms with E-state index in [0.29, 0.717) is 17.4 Å². The predicted molar refractivity (Wildman–Crippen MR) is 81.0 cm³/mol. The first-order valence-electron chi connectivity index (χ1n) is 7.21. The van der Waals surface area contributed by atoms with Crippen molar-refractivity contribution in [2.24, 2.45) is 5.92 Å². The van der Waals surface area contributed by atoms with Gasteiger partial charge in [0, 0.05) is 25.2 Å². The molecule has 0 amide bonds. The van der Waals surface area contributed by atoms with Gasteiger partial charge in [-0.3, -0.25) is 0 Å². The SMILES string of the molecule is CC(C)CC1CNC(C)CN1S(=O)(=O)c1ccccc1. The molecular formula is C15H24N2O2S. The zero-order valence-electron chi connectivity index (χ0n) is 12.4. The van der Waals surface area contributed by atoms with Crippen LogP contribution >= 0.6 is 0 Å². The van der Waals surface area contributed by atoms with E-state index in [1.165, 1.54) is 0 Å². The van der Waals surface area contributed by atoms with Gasteiger partial charge in [0.15, 0.2) is 0 Å². The van der Waals surface area contributed by atoms with E-state index in [9.17, 15) is 8.42 Å². The van der Waals surface area contributed by atoms with Crippen LogP contribution in [0.25, 0.3) is 0 Å². The summed E-state index contributed by atoms with van der Waals surface area (Å²) in [6, 6.07) is 8.97. The Morgan fingerprint density at radius 2 is 1.95 bits per heavy atom. The van der Waals surface area contributed by atoms with Crippen LogP contribution in [0.1, 0.15) is 27.2 Å². The second kappa shape index (κ2) is 6.24. The van der Waals surface area contributed by atoms with Gasteiger partial charge in [0.1, 0.15) is 0 Å². The van der Waals surface area contributed by atoms with E-state index in [4.69, 9.17) is 0 Å². The first kappa shape index (κ1) is 15.5. The molecule has 1 aliphatic heterocycles. The summed E-state index contributed by atoms with van der Waals surface area (Å²) in [6.45, 7) is 7.55. The van der Waals surface area contributed by atoms with Crippen molar-refractivity contribution in [2.45, 2.75) is 44.2 Å². The molecule has 1 saturated heterocycles. The van der Waals surface area contributed by atoms with Crippen molar-refractivity contribution < 1.29 is 8.42 Å². The molecule has 1 aliphatic rings. The van der Waals surface area contributed by atoms with E-state index in [0.717, 1.165) is 13.0 Å². The van der Waals surface area contributed by atoms with Gasteiger partial charge in [-0.05, 0) is 31.4 Å². The maximum absolute atomic E-state index is 12.8. The molecule has 0 aromatic heterocycles. The fourth-order valence-corrected chi connectivity index (χ4v) is 4.43. The van der Waals surface area contributed by atoms with Gasteiger partial charge in [-0.1, -0.05) is 32.0 Å². The summed E-state index contributed by atoms with van der Waals surface area (Å²) < 4.78 is 27.3. The zero-order chi connectivity index (χ0) is 14.8. The third-order valence-corrected chi connectivity index (χ3v) is 5.59. The van der Waals surface area contributed by atoms with Gasteiger partial charge in [-0.2, -0.15) is 4.31 Å². The summed E-state index contributed by atoms with van der Waals surface area (Å²) in [4.78, 5) is 0.392. The highest BCUT2D eigenvalue weighted by Crippen LogP contribution is 2.23. The first-order valence-corrected chi connectivity index (χ1v) is 8.65. The van der Waals surface area contributed by atoms with Crippen molar-refractivity contribution in [1.29, 1.82) is 0 Å². The van der Waals surface area contributed by atoms with Crippen molar-refractivity contribution in [3.05, 3.63) is 30.3 Å². The van der Waals surface area contributed by atoms with Gasteiger partial charge in [0.05, 0.1) is 4.90 Å². The van der Waals surface area contributed by atoms with Gasteiger partial charge in [0.25, 0.3) is 0 Å². The summed E-state index contributed by atoms with van der Waals surface area (Å²) in [5, 5.41) is 3.38. The fraction of sp³-hybridized carbons (Fsp3) is 0.600. The molecule has 0 saturated carbocycles. The molecule has 0 spiro atoms. The number of piperazine rings is 1. The molecule has 1 fully saturated rings. The average Bonchev–Trinajstić information content (AvgIpc) is 2.41. The van der Waals surface area contributed by atoms with E-state index in [-0.39, 0.29) is 12.1 Å². The second-order valence-corrected chi connectivity index (χ2v) is 7.87. The molecule has 1 aromatic rings. The Bertz CT molecular complexity index is 528. The Morgan fingerprint density at radius 1 is 1.30 bits per heavy atom. The van der Waals surface area contributed by atoms with Crippen LogP contribution in [0.3, 0.4) is 0 Å². The van der Waals surface area contributed by atoms with Crippen LogP contribution in [0.15, 0.2) is 35.2 Å². The number of hydrogen-bond acceptors (Lipinski definition) is 3. The first-order chi connectivity index (χ1) is 9.41. The number of nitrogens with zero attached hydrogens (tertiary/aromatic N) is 1. The Hall–Kier alpha value is -0.910. The van der Waals surface area contributed by atoms with Crippen LogP contribution < -0.4 is 5.32 Å². The fourth-order valence-electron chi connectivity index (χ4n) is 2.69. The van der Waals surface area contributed by atoms with Crippen LogP contribution in [0.4, 0.5) is 0 Å². The monoisotopic (exact) mass is 296 g/mol. The second-order valence-electron chi connectivity index (χ2n) is 5.98. The highest BCUT2D eigenvalue weighted by molar-refractivity contribution is 7.89. The van der Waals surface area contributed by atoms with Gasteiger partial charge < -0.3 is 5.32 Å². The molecule has 0 bridgehead atoms. The summed E-state index contributed by atoms with van der Waals surface area (Å²) in [5.74, 6) is 0.476. The molecule has 1 aromatic carbocycles. The van der Waals surface area contributed by atoms with E-state index in [1.807, 2.05) is 13.0 Å². The molecule has 2 atom stereocenters. The van der Waals surface area contributed by atoms with Crippen LogP contribution in [-0.4, -0.2) is 37.9 Å². The molecule has 5 heteroatoms. The molecule has 20 heavy (non-hydrogen) atoms. The van der Waals surface area contributed by atoms with E-state index in [1.54, 1.807) is 28.6 Å². The lowest BCUT2D eigenvalue weighted by Gasteiger charge is -2.39. The lowest BCUT2D eigenvalue weighted by molar-refractivity contribution is 0.207. The number of hydrogen-bond donors (Lipinski definition) is 1. The smallest absolute Gasteiger partial charge is 0.243 e. The van der Waals surface area contributed by atoms with Crippen LogP contribution in [0.2, 0.25) is 0 Å². The summed E-state index contributed by atoms with van der Waals surface area (Å²) >= 11 is 0. The van der Waals surface area contributed by atoms with Gasteiger partial charge >= 0.3 is 0 Å². The molecule has 2 unspecified atom stereocenters. The van der Waals surface area contributed by atoms with Crippen molar-refractivity contribution >= 4 is 10.0 Å². The van der Waals surface area contributed by atoms with Crippen LogP contribution in [0.5, 0.6) is 0 Å². The third kappa shape index (κ3) is 3.40. The summed E-state index contributed by atoms with van der Waals surface area (Å²) in [6.07, 6.45) is 0.881. The summed E-state index contributed by atoms with van der Waals surface area (Å²) in [5.41, 5.74) is 0. The van der Waals surface area contributed by atoms with Crippen LogP contribution in [-0.2, 0) is 10.0 Å². The lowest BCUT2D eigenvalue weighted by Crippen LogP contribution is -2.57. The number of benzene rings is 1. The largest absolute Gasteiger partial charge is 0.311 e. The molecule has 2 rings (SSSR count). The summed E-state index contributed by atoms with van der Waals surface area (Å²) in [7, 11) is -3.40. The van der Waals surface area contributed by atoms with Crippen molar-refractivity contribution in [3.8, 4) is 0 Å². The maximum Gasteiger partial charge on any atom is 0.243 e. The highest BCUT2D eigenvalue weighted by Gasteiger charge is 2.35. The lowest BCUT2D eigenvalue weighted by atomic mass is 10.0. The molecule has 1 heterocycles. The van der Waals surface area contributed by atoms with E-state index < -0.39 is 10.0 Å². The van der Waals surface area contributed by atoms with Gasteiger partial charge in [0.2, 0.25) is 10.0 Å². The number of sulfonamides is 1. The van der Waals surface area contributed by atoms with E-state index in [2.05, 4.69) is 19.2 Å². The van der Waals surface area contributed by atoms with E-state index >= 15 is 0 Å². The van der Waals surface area contributed by atoms with Crippen molar-refractivity contribution in [2.75, 3.05) is 13.1 Å². The number of rotatable bonds is 4. The predicted octanol–water partition coefficient (Wildman–Crippen LogP) is 2.08. The average molecular weight is 296 g/mol. The molecule has 4 nitrogen and oxygen atoms in total. The Kier molecular flexibility index (Phi) is 4.83. The quantitative estimate of drug-likeness (QED) is 0.925. The molecular weight excluding hydrogens is 272 g/mol. The minimum Gasteiger partial charge on any atom is -0.311 e. The highest BCUT2D eigenvalue weighted by atomic mass is 32.2. The molecule has 112 valence electrons. The molecule has 0 aliphatic carbocycles. The Balaban J connectivity index is 2.30. The third-order valence-electron chi connectivity index (χ3n) is 3.66. The van der Waals surface area contributed by atoms with Crippen LogP contribution in [0, 0.1) is 5.92 Å². The Morgan fingerprint density at radius 3 is 2.55 bits per heavy atom. The standard InChI is InChI=1S/C15H24N2O2S/c1-12(2)9-14-10-16-13(3)11-17(14)20(18,19)15-7-5-4-6-8-15/h4-8,12-14,16H,9-11H2,1-3H3. The zero-order valence-corrected chi connectivity index (χ0v) is 13.2. The van der Waals surface area contributed by atoms with Crippen molar-refractivity contribution in [1.82, 2.24) is 9.62 Å².